The summed E-state index contributed by atoms with van der Waals surface area (Å²) in [6.45, 7) is 11.1. The molecule has 4 aliphatic heterocycles. The highest BCUT2D eigenvalue weighted by Crippen LogP contribution is 2.61. The highest BCUT2D eigenvalue weighted by molar-refractivity contribution is 9.09. The second kappa shape index (κ2) is 19.0. The molecule has 2 N–H and O–H groups in total. The first-order valence-electron chi connectivity index (χ1n) is 19.3. The molecular weight excluding hydrogens is 784 g/mol. The molecule has 2 aromatic rings. The fraction of sp³-hybridized carbons (Fsp3) is 0.524. The van der Waals surface area contributed by atoms with Crippen LogP contribution in [0.25, 0.3) is 0 Å². The quantitative estimate of drug-likeness (QED) is 0.123. The molecule has 4 fully saturated rings. The van der Waals surface area contributed by atoms with Gasteiger partial charge in [-0.1, -0.05) is 88.7 Å². The van der Waals surface area contributed by atoms with E-state index in [4.69, 9.17) is 18.9 Å². The van der Waals surface area contributed by atoms with Crippen LogP contribution in [-0.4, -0.2) is 138 Å². The number of benzene rings is 2. The van der Waals surface area contributed by atoms with Crippen LogP contribution in [0.2, 0.25) is 0 Å². The van der Waals surface area contributed by atoms with Gasteiger partial charge in [-0.3, -0.25) is 24.1 Å². The van der Waals surface area contributed by atoms with Crippen molar-refractivity contribution in [1.82, 2.24) is 20.0 Å². The third-order valence-electron chi connectivity index (χ3n) is 11.4. The highest BCUT2D eigenvalue weighted by atomic mass is 79.9. The van der Waals surface area contributed by atoms with E-state index in [0.717, 1.165) is 13.1 Å². The van der Waals surface area contributed by atoms with Crippen LogP contribution >= 0.6 is 15.9 Å². The van der Waals surface area contributed by atoms with Gasteiger partial charge < -0.3 is 39.2 Å². The van der Waals surface area contributed by atoms with Gasteiger partial charge in [-0.05, 0) is 24.0 Å². The van der Waals surface area contributed by atoms with Crippen molar-refractivity contribution in [2.24, 2.45) is 11.8 Å². The first-order chi connectivity index (χ1) is 27.2. The normalized spacial score (nSPS) is 27.2. The van der Waals surface area contributed by atoms with E-state index in [1.165, 1.54) is 12.0 Å². The number of carbonyl (C=O) groups is 4. The van der Waals surface area contributed by atoms with E-state index in [2.05, 4.69) is 39.3 Å². The summed E-state index contributed by atoms with van der Waals surface area (Å²) in [7, 11) is 1.50. The summed E-state index contributed by atoms with van der Waals surface area (Å²) in [5, 5.41) is 13.9. The molecule has 0 aliphatic carbocycles. The molecule has 1 unspecified atom stereocenters. The predicted molar refractivity (Wildman–Crippen MR) is 211 cm³/mol. The summed E-state index contributed by atoms with van der Waals surface area (Å²) in [6, 6.07) is 15.3. The maximum atomic E-state index is 15.1. The number of halogens is 1. The molecule has 4 saturated heterocycles. The molecule has 2 bridgehead atoms. The van der Waals surface area contributed by atoms with Crippen molar-refractivity contribution in [3.63, 3.8) is 0 Å². The fourth-order valence-electron chi connectivity index (χ4n) is 8.81. The lowest BCUT2D eigenvalue weighted by atomic mass is 9.70. The van der Waals surface area contributed by atoms with E-state index < -0.39 is 71.1 Å². The molecule has 1 spiro atoms. The van der Waals surface area contributed by atoms with E-state index in [0.29, 0.717) is 43.9 Å². The molecule has 9 atom stereocenters. The maximum Gasteiger partial charge on any atom is 0.313 e. The molecule has 4 heterocycles. The van der Waals surface area contributed by atoms with Gasteiger partial charge in [0, 0.05) is 51.1 Å². The minimum atomic E-state index is -1.41. The van der Waals surface area contributed by atoms with E-state index in [9.17, 15) is 14.7 Å². The Kier molecular flexibility index (Phi) is 14.2. The fourth-order valence-corrected chi connectivity index (χ4v) is 9.76. The Morgan fingerprint density at radius 2 is 1.75 bits per heavy atom. The van der Waals surface area contributed by atoms with Crippen LogP contribution in [0.3, 0.4) is 0 Å². The molecule has 56 heavy (non-hydrogen) atoms. The molecule has 13 nitrogen and oxygen atoms in total. The summed E-state index contributed by atoms with van der Waals surface area (Å²) < 4.78 is 24.2. The lowest BCUT2D eigenvalue weighted by Crippen LogP contribution is -2.58. The van der Waals surface area contributed by atoms with E-state index >= 15 is 9.59 Å². The van der Waals surface area contributed by atoms with Crippen molar-refractivity contribution in [3.05, 3.63) is 97.1 Å². The number of alkyl halides is 1. The topological polar surface area (TPSA) is 147 Å². The standard InChI is InChI=1S/C42H53BrN4O9/c1-4-6-17-33(49)44-31(27-53-3)36(29-15-11-8-12-16-29)55-41(52)34-35-39(50)47(32(26-48)28-13-9-7-10-14-28)38(42(35)25-30(43)37(34)56-42)40(51)46(18-5-2)20-19-45-21-23-54-24-22-45/h4-5,7-16,30-32,34-38,48H,1-2,6,17-27H2,3H3,(H,44,49)/t30?,31-,32+,34-,35+,36-,37-,38-,42+/m0/s1. The van der Waals surface area contributed by atoms with Gasteiger partial charge in [0.1, 0.15) is 17.7 Å². The van der Waals surface area contributed by atoms with Gasteiger partial charge in [0.05, 0.1) is 56.5 Å². The van der Waals surface area contributed by atoms with Crippen LogP contribution in [0.4, 0.5) is 0 Å². The van der Waals surface area contributed by atoms with E-state index in [1.54, 1.807) is 29.2 Å². The number of likely N-dealkylation sites (tertiary alicyclic amines) is 1. The number of carbonyl (C=O) groups excluding carboxylic acids is 4. The number of esters is 1. The smallest absolute Gasteiger partial charge is 0.313 e. The van der Waals surface area contributed by atoms with Gasteiger partial charge in [0.2, 0.25) is 17.7 Å². The van der Waals surface area contributed by atoms with Crippen molar-refractivity contribution < 1.29 is 43.2 Å². The number of rotatable bonds is 19. The number of nitrogens with one attached hydrogen (secondary N) is 1. The largest absolute Gasteiger partial charge is 0.455 e. The van der Waals surface area contributed by atoms with Gasteiger partial charge in [-0.15, -0.1) is 13.2 Å². The Balaban J connectivity index is 1.37. The van der Waals surface area contributed by atoms with Crippen molar-refractivity contribution in [3.8, 4) is 0 Å². The number of morpholine rings is 1. The zero-order valence-corrected chi connectivity index (χ0v) is 33.5. The molecule has 0 radical (unpaired) electrons. The van der Waals surface area contributed by atoms with Gasteiger partial charge in [-0.2, -0.15) is 0 Å². The number of methoxy groups -OCH3 is 1. The SMILES string of the molecule is C=CCCC(=O)N[C@@H](COC)[C@@H](OC(=O)[C@@H]1[C@H]2O[C@@]3(CC2Br)[C@H](C(=O)N(CC=C)CCN2CCOCC2)N([C@H](CO)c2ccccc2)C(=O)[C@@H]13)c1ccccc1. The minimum absolute atomic E-state index is 0.0355. The third kappa shape index (κ3) is 8.51. The number of fused-ring (bicyclic) bond motifs is 1. The van der Waals surface area contributed by atoms with Crippen molar-refractivity contribution in [2.45, 2.75) is 60.0 Å². The molecule has 0 saturated carbocycles. The number of allylic oxidation sites excluding steroid dienone is 1. The maximum absolute atomic E-state index is 15.1. The summed E-state index contributed by atoms with van der Waals surface area (Å²) in [6.07, 6.45) is 2.47. The Morgan fingerprint density at radius 3 is 2.38 bits per heavy atom. The molecular formula is C42H53BrN4O9. The summed E-state index contributed by atoms with van der Waals surface area (Å²) >= 11 is 3.77. The molecule has 14 heteroatoms. The Bertz CT molecular complexity index is 1700. The predicted octanol–water partition coefficient (Wildman–Crippen LogP) is 3.20. The van der Waals surface area contributed by atoms with Gasteiger partial charge in [0.15, 0.2) is 0 Å². The van der Waals surface area contributed by atoms with Gasteiger partial charge in [0.25, 0.3) is 0 Å². The lowest BCUT2D eigenvalue weighted by molar-refractivity contribution is -0.163. The minimum Gasteiger partial charge on any atom is -0.455 e. The first kappa shape index (κ1) is 41.7. The number of nitrogens with zero attached hydrogens (tertiary/aromatic N) is 3. The zero-order chi connectivity index (χ0) is 39.8. The van der Waals surface area contributed by atoms with Crippen LogP contribution in [0, 0.1) is 11.8 Å². The second-order valence-corrected chi connectivity index (χ2v) is 15.9. The van der Waals surface area contributed by atoms with Gasteiger partial charge in [-0.25, -0.2) is 0 Å². The monoisotopic (exact) mass is 836 g/mol. The average Bonchev–Trinajstić information content (AvgIpc) is 3.82. The van der Waals surface area contributed by atoms with Gasteiger partial charge >= 0.3 is 5.97 Å². The number of hydrogen-bond donors (Lipinski definition) is 2. The molecule has 2 aromatic carbocycles. The molecule has 6 rings (SSSR count). The van der Waals surface area contributed by atoms with Crippen molar-refractivity contribution in [1.29, 1.82) is 0 Å². The summed E-state index contributed by atoms with van der Waals surface area (Å²) in [4.78, 5) is 63.0. The zero-order valence-electron chi connectivity index (χ0n) is 31.9. The lowest BCUT2D eigenvalue weighted by Gasteiger charge is -2.40. The number of amides is 3. The Morgan fingerprint density at radius 1 is 1.07 bits per heavy atom. The van der Waals surface area contributed by atoms with Crippen LogP contribution < -0.4 is 5.32 Å². The Hall–Kier alpha value is -3.92. The summed E-state index contributed by atoms with van der Waals surface area (Å²) in [5.41, 5.74) is -0.146. The number of aliphatic hydroxyl groups is 1. The van der Waals surface area contributed by atoms with Crippen molar-refractivity contribution in [2.75, 3.05) is 66.3 Å². The second-order valence-electron chi connectivity index (χ2n) is 14.8. The van der Waals surface area contributed by atoms with E-state index in [-0.39, 0.29) is 37.8 Å². The first-order valence-corrected chi connectivity index (χ1v) is 20.2. The molecule has 4 aliphatic rings. The highest BCUT2D eigenvalue weighted by Gasteiger charge is 2.77. The van der Waals surface area contributed by atoms with Crippen LogP contribution in [0.15, 0.2) is 86.0 Å². The van der Waals surface area contributed by atoms with Crippen LogP contribution in [-0.2, 0) is 38.1 Å². The van der Waals surface area contributed by atoms with E-state index in [1.807, 2.05) is 48.5 Å². The molecule has 302 valence electrons. The van der Waals surface area contributed by atoms with Crippen molar-refractivity contribution >= 4 is 39.6 Å². The van der Waals surface area contributed by atoms with Crippen LogP contribution in [0.5, 0.6) is 0 Å². The molecule has 0 aromatic heterocycles. The number of aliphatic hydroxyl groups excluding tert-OH is 1. The van der Waals surface area contributed by atoms with Crippen LogP contribution in [0.1, 0.15) is 42.5 Å². The Labute approximate surface area is 337 Å². The average molecular weight is 838 g/mol. The number of hydrogen-bond acceptors (Lipinski definition) is 10. The third-order valence-corrected chi connectivity index (χ3v) is 12.2. The molecule has 3 amide bonds. The summed E-state index contributed by atoms with van der Waals surface area (Å²) in [5.74, 6) is -3.97. The number of ether oxygens (including phenoxy) is 4.